The van der Waals surface area contributed by atoms with Gasteiger partial charge in [0.05, 0.1) is 31.3 Å². The summed E-state index contributed by atoms with van der Waals surface area (Å²) in [4.78, 5) is 29.3. The second-order valence-corrected chi connectivity index (χ2v) is 18.6. The number of unbranched alkanes of at least 4 members (excludes halogenated alkanes) is 2. The van der Waals surface area contributed by atoms with Crippen LogP contribution in [0.15, 0.2) is 166 Å². The lowest BCUT2D eigenvalue weighted by Gasteiger charge is -2.23. The van der Waals surface area contributed by atoms with Crippen LogP contribution in [0.1, 0.15) is 52.4 Å². The van der Waals surface area contributed by atoms with Gasteiger partial charge in [-0.25, -0.2) is 9.59 Å². The number of esters is 2. The smallest absolute Gasteiger partial charge is 0.330 e. The summed E-state index contributed by atoms with van der Waals surface area (Å²) in [6.45, 7) is 13.0. The predicted octanol–water partition coefficient (Wildman–Crippen LogP) is 12.7. The van der Waals surface area contributed by atoms with Crippen LogP contribution in [0, 0.1) is 0 Å². The Morgan fingerprint density at radius 3 is 1.48 bits per heavy atom. The zero-order valence-electron chi connectivity index (χ0n) is 36.4. The first kappa shape index (κ1) is 49.4. The van der Waals surface area contributed by atoms with E-state index in [1.54, 1.807) is 23.5 Å². The highest BCUT2D eigenvalue weighted by Gasteiger charge is 2.23. The van der Waals surface area contributed by atoms with Crippen LogP contribution in [0.4, 0.5) is 0 Å². The Kier molecular flexibility index (Phi) is 22.1. The van der Waals surface area contributed by atoms with Gasteiger partial charge in [0.15, 0.2) is 12.2 Å². The standard InChI is InChI=1S/C52H60O8S3/c1-5-9-22-44(61-41-24-14-11-15-25-41)37-55-33-39(59-50(53)7-3)35-57-48-32-49(63-43-28-18-13-19-29-43)52(47-31-21-20-30-46(47)48)58-36-40(60-51(54)8-4)34-56-38-45(23-10-6-2)62-42-26-16-12-17-27-42/h7-8,11-21,24-32,39-40,44-45H,3-6,9-10,22-23,33-38H2,1-2H3. The van der Waals surface area contributed by atoms with Crippen molar-refractivity contribution in [3.63, 3.8) is 0 Å². The van der Waals surface area contributed by atoms with Gasteiger partial charge in [-0.1, -0.05) is 143 Å². The predicted molar refractivity (Wildman–Crippen MR) is 259 cm³/mol. The third-order valence-corrected chi connectivity index (χ3v) is 13.2. The molecule has 0 heterocycles. The topological polar surface area (TPSA) is 89.5 Å². The Morgan fingerprint density at radius 1 is 0.556 bits per heavy atom. The summed E-state index contributed by atoms with van der Waals surface area (Å²) in [7, 11) is 0. The maximum absolute atomic E-state index is 12.6. The molecule has 0 radical (unpaired) electrons. The molecule has 0 amide bonds. The molecule has 0 saturated heterocycles. The average Bonchev–Trinajstić information content (AvgIpc) is 3.31. The Balaban J connectivity index is 1.34. The normalized spacial score (nSPS) is 13.0. The zero-order valence-corrected chi connectivity index (χ0v) is 38.9. The first-order valence-corrected chi connectivity index (χ1v) is 24.3. The number of ether oxygens (including phenoxy) is 6. The maximum atomic E-state index is 12.6. The monoisotopic (exact) mass is 908 g/mol. The Morgan fingerprint density at radius 2 is 1.00 bits per heavy atom. The highest BCUT2D eigenvalue weighted by atomic mass is 32.2. The molecule has 0 spiro atoms. The van der Waals surface area contributed by atoms with E-state index in [0.717, 1.165) is 71.2 Å². The second kappa shape index (κ2) is 28.2. The Bertz CT molecular complexity index is 2120. The lowest BCUT2D eigenvalue weighted by molar-refractivity contribution is -0.148. The van der Waals surface area contributed by atoms with Crippen LogP contribution < -0.4 is 9.47 Å². The molecular weight excluding hydrogens is 849 g/mol. The van der Waals surface area contributed by atoms with Crippen LogP contribution in [0.3, 0.4) is 0 Å². The molecule has 0 aliphatic heterocycles. The molecule has 0 aliphatic carbocycles. The van der Waals surface area contributed by atoms with E-state index in [9.17, 15) is 9.59 Å². The maximum Gasteiger partial charge on any atom is 0.330 e. The van der Waals surface area contributed by atoms with Gasteiger partial charge in [-0.15, -0.1) is 23.5 Å². The molecule has 5 aromatic carbocycles. The van der Waals surface area contributed by atoms with E-state index in [0.29, 0.717) is 24.7 Å². The summed E-state index contributed by atoms with van der Waals surface area (Å²) in [6.07, 6.45) is 7.26. The van der Waals surface area contributed by atoms with Crippen molar-refractivity contribution in [1.29, 1.82) is 0 Å². The minimum absolute atomic E-state index is 0.0380. The van der Waals surface area contributed by atoms with Crippen molar-refractivity contribution >= 4 is 58.0 Å². The number of rotatable bonds is 30. The molecule has 0 saturated carbocycles. The van der Waals surface area contributed by atoms with E-state index in [2.05, 4.69) is 51.3 Å². The quantitative estimate of drug-likeness (QED) is 0.0251. The average molecular weight is 909 g/mol. The molecule has 4 atom stereocenters. The zero-order chi connectivity index (χ0) is 44.5. The molecule has 5 rings (SSSR count). The first-order valence-electron chi connectivity index (χ1n) is 21.7. The number of benzene rings is 5. The number of hydrogen-bond acceptors (Lipinski definition) is 11. The molecule has 5 aromatic rings. The molecule has 0 N–H and O–H groups in total. The Labute approximate surface area is 386 Å². The van der Waals surface area contributed by atoms with Crippen molar-refractivity contribution < 1.29 is 38.0 Å². The van der Waals surface area contributed by atoms with Gasteiger partial charge in [0.1, 0.15) is 24.7 Å². The fourth-order valence-corrected chi connectivity index (χ4v) is 9.80. The second-order valence-electron chi connectivity index (χ2n) is 14.8. The summed E-state index contributed by atoms with van der Waals surface area (Å²) in [5.41, 5.74) is 0. The van der Waals surface area contributed by atoms with Gasteiger partial charge in [0.2, 0.25) is 0 Å². The van der Waals surface area contributed by atoms with Crippen molar-refractivity contribution in [1.82, 2.24) is 0 Å². The number of carbonyl (C=O) groups excluding carboxylic acids is 2. The van der Waals surface area contributed by atoms with Gasteiger partial charge in [-0.2, -0.15) is 0 Å². The lowest BCUT2D eigenvalue weighted by atomic mass is 10.1. The van der Waals surface area contributed by atoms with Crippen molar-refractivity contribution in [2.24, 2.45) is 0 Å². The third kappa shape index (κ3) is 17.4. The van der Waals surface area contributed by atoms with E-state index in [4.69, 9.17) is 28.4 Å². The van der Waals surface area contributed by atoms with Crippen LogP contribution in [0.5, 0.6) is 11.5 Å². The summed E-state index contributed by atoms with van der Waals surface area (Å²) in [5, 5.41) is 2.08. The number of thioether (sulfide) groups is 2. The highest BCUT2D eigenvalue weighted by Crippen LogP contribution is 2.44. The Hall–Kier alpha value is -4.65. The number of fused-ring (bicyclic) bond motifs is 1. The summed E-state index contributed by atoms with van der Waals surface area (Å²) in [6, 6.07) is 40.4. The van der Waals surface area contributed by atoms with E-state index in [-0.39, 0.29) is 36.9 Å². The molecule has 0 aromatic heterocycles. The van der Waals surface area contributed by atoms with Crippen molar-refractivity contribution in [3.05, 3.63) is 147 Å². The molecule has 63 heavy (non-hydrogen) atoms. The van der Waals surface area contributed by atoms with E-state index in [1.807, 2.05) is 97.1 Å². The molecule has 0 bridgehead atoms. The van der Waals surface area contributed by atoms with Crippen LogP contribution >= 0.6 is 35.3 Å². The lowest BCUT2D eigenvalue weighted by Crippen LogP contribution is -2.31. The fraction of sp³-hybridized carbons (Fsp3) is 0.346. The summed E-state index contributed by atoms with van der Waals surface area (Å²) >= 11 is 5.13. The van der Waals surface area contributed by atoms with Crippen molar-refractivity contribution in [3.8, 4) is 11.5 Å². The SMILES string of the molecule is C=CC(=O)OC(COCC(CCCC)Sc1ccccc1)COc1cc(Sc2ccccc2)c(OCC(COCC(CCCC)Sc2ccccc2)OC(=O)C=C)c2ccccc12. The van der Waals surface area contributed by atoms with Gasteiger partial charge in [-0.05, 0) is 55.3 Å². The van der Waals surface area contributed by atoms with Crippen molar-refractivity contribution in [2.45, 2.75) is 94.7 Å². The van der Waals surface area contributed by atoms with Gasteiger partial charge in [0.25, 0.3) is 0 Å². The minimum atomic E-state index is -0.707. The molecule has 8 nitrogen and oxygen atoms in total. The molecule has 334 valence electrons. The summed E-state index contributed by atoms with van der Waals surface area (Å²) in [5.74, 6) is 0.0925. The minimum Gasteiger partial charge on any atom is -0.489 e. The van der Waals surface area contributed by atoms with Crippen LogP contribution in [0.2, 0.25) is 0 Å². The van der Waals surface area contributed by atoms with Crippen molar-refractivity contribution in [2.75, 3.05) is 39.6 Å². The van der Waals surface area contributed by atoms with E-state index in [1.165, 1.54) is 21.6 Å². The summed E-state index contributed by atoms with van der Waals surface area (Å²) < 4.78 is 37.3. The van der Waals surface area contributed by atoms with E-state index < -0.39 is 24.1 Å². The van der Waals surface area contributed by atoms with Gasteiger partial charge in [-0.3, -0.25) is 0 Å². The number of hydrogen-bond donors (Lipinski definition) is 0. The third-order valence-electron chi connectivity index (χ3n) is 9.70. The van der Waals surface area contributed by atoms with Gasteiger partial charge < -0.3 is 28.4 Å². The first-order chi connectivity index (χ1) is 30.9. The van der Waals surface area contributed by atoms with Gasteiger partial charge >= 0.3 is 11.9 Å². The molecule has 4 unspecified atom stereocenters. The molecule has 0 fully saturated rings. The van der Waals surface area contributed by atoms with Crippen LogP contribution in [0.25, 0.3) is 10.8 Å². The van der Waals surface area contributed by atoms with Gasteiger partial charge in [0, 0.05) is 48.1 Å². The van der Waals surface area contributed by atoms with E-state index >= 15 is 0 Å². The largest absolute Gasteiger partial charge is 0.489 e. The van der Waals surface area contributed by atoms with Crippen LogP contribution in [-0.2, 0) is 28.5 Å². The molecule has 11 heteroatoms. The molecular formula is C52H60O8S3. The van der Waals surface area contributed by atoms with Crippen LogP contribution in [-0.4, -0.2) is 74.3 Å². The fourth-order valence-electron chi connectivity index (χ4n) is 6.53. The number of carbonyl (C=O) groups is 2. The molecule has 0 aliphatic rings. The highest BCUT2D eigenvalue weighted by molar-refractivity contribution is 8.00.